The monoisotopic (exact) mass is 494 g/mol. The highest BCUT2D eigenvalue weighted by Gasteiger charge is 2.39. The molecule has 1 unspecified atom stereocenters. The van der Waals surface area contributed by atoms with E-state index in [1.807, 2.05) is 0 Å². The number of azide groups is 1. The summed E-state index contributed by atoms with van der Waals surface area (Å²) in [4.78, 5) is 40.4. The molecule has 2 heterocycles. The Bertz CT molecular complexity index is 1230. The number of nitrogens with one attached hydrogen (secondary N) is 2. The fraction of sp³-hybridized carbons (Fsp3) is 0.421. The average molecular weight is 494 g/mol. The van der Waals surface area contributed by atoms with E-state index in [0.717, 1.165) is 0 Å². The number of aromatic amines is 1. The molecule has 1 aliphatic heterocycles. The van der Waals surface area contributed by atoms with Crippen LogP contribution >= 0.6 is 7.75 Å². The number of H-pyrrole nitrogens is 1. The summed E-state index contributed by atoms with van der Waals surface area (Å²) in [5.41, 5.74) is 8.00. The van der Waals surface area contributed by atoms with Gasteiger partial charge in [-0.25, -0.2) is 14.4 Å². The van der Waals surface area contributed by atoms with Gasteiger partial charge in [0.2, 0.25) is 0 Å². The first-order valence-corrected chi connectivity index (χ1v) is 11.6. The Morgan fingerprint density at radius 3 is 2.79 bits per heavy atom. The van der Waals surface area contributed by atoms with Gasteiger partial charge in [-0.05, 0) is 24.6 Å². The molecule has 0 amide bonds. The lowest BCUT2D eigenvalue weighted by Crippen LogP contribution is -2.33. The van der Waals surface area contributed by atoms with Crippen LogP contribution in [0.2, 0.25) is 0 Å². The second-order valence-corrected chi connectivity index (χ2v) is 8.98. The molecule has 1 fully saturated rings. The second kappa shape index (κ2) is 11.1. The number of para-hydroxylation sites is 1. The smallest absolute Gasteiger partial charge is 0.459 e. The van der Waals surface area contributed by atoms with E-state index in [-0.39, 0.29) is 24.3 Å². The molecule has 14 nitrogen and oxygen atoms in total. The fourth-order valence-electron chi connectivity index (χ4n) is 3.15. The van der Waals surface area contributed by atoms with Crippen molar-refractivity contribution >= 4 is 13.7 Å². The van der Waals surface area contributed by atoms with E-state index in [1.54, 1.807) is 30.3 Å². The molecule has 0 spiro atoms. The van der Waals surface area contributed by atoms with Gasteiger partial charge < -0.3 is 14.0 Å². The number of hydrogen-bond donors (Lipinski definition) is 2. The Kier molecular flexibility index (Phi) is 8.26. The van der Waals surface area contributed by atoms with Crippen LogP contribution in [-0.4, -0.2) is 47.9 Å². The number of aryl methyl sites for hydroxylation is 1. The third-order valence-corrected chi connectivity index (χ3v) is 6.37. The van der Waals surface area contributed by atoms with Crippen molar-refractivity contribution in [2.45, 2.75) is 31.7 Å². The van der Waals surface area contributed by atoms with Crippen LogP contribution in [0.1, 0.15) is 18.2 Å². The SMILES string of the molecule is COC(=O)CNP(=O)(OC[C@H]1O[C@@H](n2cc(C)c(=O)[nH]c2=O)C[C@@H]1N=[N+]=[N-])Oc1ccccc1. The highest BCUT2D eigenvalue weighted by atomic mass is 31.2. The molecule has 15 heteroatoms. The Hall–Kier alpha value is -3.41. The van der Waals surface area contributed by atoms with E-state index < -0.39 is 49.9 Å². The summed E-state index contributed by atoms with van der Waals surface area (Å²) < 4.78 is 35.8. The predicted octanol–water partition coefficient (Wildman–Crippen LogP) is 1.78. The van der Waals surface area contributed by atoms with E-state index in [4.69, 9.17) is 19.3 Å². The van der Waals surface area contributed by atoms with E-state index in [0.29, 0.717) is 0 Å². The van der Waals surface area contributed by atoms with Gasteiger partial charge in [0.15, 0.2) is 0 Å². The molecule has 34 heavy (non-hydrogen) atoms. The molecular formula is C19H23N6O8P. The highest BCUT2D eigenvalue weighted by Crippen LogP contribution is 2.45. The zero-order valence-corrected chi connectivity index (χ0v) is 19.2. The van der Waals surface area contributed by atoms with Crippen molar-refractivity contribution in [2.75, 3.05) is 20.3 Å². The quantitative estimate of drug-likeness (QED) is 0.163. The van der Waals surface area contributed by atoms with Gasteiger partial charge in [-0.15, -0.1) is 0 Å². The zero-order valence-electron chi connectivity index (χ0n) is 18.3. The number of hydrogen-bond acceptors (Lipinski definition) is 9. The lowest BCUT2D eigenvalue weighted by atomic mass is 10.1. The molecule has 182 valence electrons. The Morgan fingerprint density at radius 1 is 1.38 bits per heavy atom. The molecule has 1 aliphatic rings. The number of rotatable bonds is 10. The number of esters is 1. The average Bonchev–Trinajstić information content (AvgIpc) is 3.22. The van der Waals surface area contributed by atoms with Crippen LogP contribution in [0.4, 0.5) is 0 Å². The number of nitrogens with zero attached hydrogens (tertiary/aromatic N) is 4. The van der Waals surface area contributed by atoms with E-state index in [1.165, 1.54) is 24.8 Å². The van der Waals surface area contributed by atoms with Gasteiger partial charge in [-0.1, -0.05) is 23.3 Å². The first-order chi connectivity index (χ1) is 16.2. The number of methoxy groups -OCH3 is 1. The van der Waals surface area contributed by atoms with E-state index in [2.05, 4.69) is 24.8 Å². The third kappa shape index (κ3) is 6.34. The molecule has 0 saturated carbocycles. The first kappa shape index (κ1) is 25.2. The number of carbonyl (C=O) groups is 1. The van der Waals surface area contributed by atoms with Crippen molar-refractivity contribution in [3.63, 3.8) is 0 Å². The number of ether oxygens (including phenoxy) is 2. The summed E-state index contributed by atoms with van der Waals surface area (Å²) in [6.45, 7) is 0.704. The maximum absolute atomic E-state index is 13.3. The molecule has 4 atom stereocenters. The molecule has 0 radical (unpaired) electrons. The van der Waals surface area contributed by atoms with E-state index in [9.17, 15) is 18.9 Å². The molecule has 3 rings (SSSR count). The van der Waals surface area contributed by atoms with Crippen molar-refractivity contribution in [3.8, 4) is 5.75 Å². The van der Waals surface area contributed by atoms with Crippen LogP contribution in [0.15, 0.2) is 51.2 Å². The van der Waals surface area contributed by atoms with Gasteiger partial charge in [0.05, 0.1) is 25.9 Å². The summed E-state index contributed by atoms with van der Waals surface area (Å²) in [7, 11) is -2.93. The van der Waals surface area contributed by atoms with E-state index >= 15 is 0 Å². The largest absolute Gasteiger partial charge is 0.468 e. The zero-order chi connectivity index (χ0) is 24.7. The Morgan fingerprint density at radius 2 is 2.12 bits per heavy atom. The predicted molar refractivity (Wildman–Crippen MR) is 118 cm³/mol. The minimum atomic E-state index is -4.10. The molecule has 1 aromatic heterocycles. The molecule has 2 aromatic rings. The lowest BCUT2D eigenvalue weighted by molar-refractivity contribution is -0.139. The minimum absolute atomic E-state index is 0.100. The summed E-state index contributed by atoms with van der Waals surface area (Å²) in [5.74, 6) is -0.479. The van der Waals surface area contributed by atoms with Crippen molar-refractivity contribution in [2.24, 2.45) is 5.11 Å². The van der Waals surface area contributed by atoms with Crippen LogP contribution in [0, 0.1) is 6.92 Å². The molecule has 0 bridgehead atoms. The van der Waals surface area contributed by atoms with Crippen LogP contribution in [-0.2, 0) is 23.4 Å². The minimum Gasteiger partial charge on any atom is -0.468 e. The summed E-state index contributed by atoms with van der Waals surface area (Å²) in [6, 6.07) is 7.37. The van der Waals surface area contributed by atoms with Gasteiger partial charge in [0.25, 0.3) is 5.56 Å². The molecular weight excluding hydrogens is 471 g/mol. The maximum atomic E-state index is 13.3. The Labute approximate surface area is 193 Å². The standard InChI is InChI=1S/C19H23N6O8P/c1-12-10-25(19(28)22-18(12)27)16-8-14(23-24-20)15(32-16)11-31-34(29,21-9-17(26)30-2)33-13-6-4-3-5-7-13/h3-7,10,14-16H,8-9,11H2,1-2H3,(H,21,29)(H,22,27,28)/t14-,15+,16+,34?/m0/s1. The van der Waals surface area contributed by atoms with Gasteiger partial charge in [-0.3, -0.25) is 23.7 Å². The van der Waals surface area contributed by atoms with Gasteiger partial charge in [-0.2, -0.15) is 0 Å². The van der Waals surface area contributed by atoms with Crippen molar-refractivity contribution < 1.29 is 27.9 Å². The van der Waals surface area contributed by atoms with Crippen molar-refractivity contribution in [1.82, 2.24) is 14.6 Å². The highest BCUT2D eigenvalue weighted by molar-refractivity contribution is 7.52. The topological polar surface area (TPSA) is 187 Å². The summed E-state index contributed by atoms with van der Waals surface area (Å²) in [5, 5.41) is 6.10. The van der Waals surface area contributed by atoms with Crippen molar-refractivity contribution in [1.29, 1.82) is 0 Å². The Balaban J connectivity index is 1.78. The van der Waals surface area contributed by atoms with Crippen LogP contribution in [0.5, 0.6) is 5.75 Å². The van der Waals surface area contributed by atoms with Crippen molar-refractivity contribution in [3.05, 3.63) is 73.4 Å². The van der Waals surface area contributed by atoms with Crippen LogP contribution in [0.25, 0.3) is 10.4 Å². The summed E-state index contributed by atoms with van der Waals surface area (Å²) in [6.07, 6.45) is -0.343. The van der Waals surface area contributed by atoms with Crippen LogP contribution in [0.3, 0.4) is 0 Å². The number of aromatic nitrogens is 2. The molecule has 1 aromatic carbocycles. The van der Waals surface area contributed by atoms with Crippen LogP contribution < -0.4 is 20.9 Å². The fourth-order valence-corrected chi connectivity index (χ4v) is 4.43. The summed E-state index contributed by atoms with van der Waals surface area (Å²) >= 11 is 0. The van der Waals surface area contributed by atoms with Gasteiger partial charge >= 0.3 is 19.4 Å². The molecule has 1 saturated heterocycles. The third-order valence-electron chi connectivity index (χ3n) is 4.88. The second-order valence-electron chi connectivity index (χ2n) is 7.22. The normalized spacial score (nSPS) is 21.3. The molecule has 2 N–H and O–H groups in total. The van der Waals surface area contributed by atoms with Gasteiger partial charge in [0, 0.05) is 23.1 Å². The number of benzene rings is 1. The van der Waals surface area contributed by atoms with Gasteiger partial charge in [0.1, 0.15) is 18.5 Å². The first-order valence-electron chi connectivity index (χ1n) is 10.1. The molecule has 0 aliphatic carbocycles. The lowest BCUT2D eigenvalue weighted by Gasteiger charge is -2.22. The number of carbonyl (C=O) groups excluding carboxylic acids is 1. The maximum Gasteiger partial charge on any atom is 0.459 e.